The molecule has 114 valence electrons. The van der Waals surface area contributed by atoms with Gasteiger partial charge >= 0.3 is 0 Å². The number of hydrogen-bond donors (Lipinski definition) is 1. The largest absolute Gasteiger partial charge is 0.312 e. The summed E-state index contributed by atoms with van der Waals surface area (Å²) in [5.41, 5.74) is 0.423. The van der Waals surface area contributed by atoms with E-state index in [0.717, 1.165) is 19.6 Å². The number of nitrogens with one attached hydrogen (secondary N) is 1. The lowest BCUT2D eigenvalue weighted by Gasteiger charge is -2.41. The molecule has 0 aliphatic heterocycles. The summed E-state index contributed by atoms with van der Waals surface area (Å²) < 4.78 is 0. The molecule has 19 heavy (non-hydrogen) atoms. The Kier molecular flexibility index (Phi) is 6.28. The quantitative estimate of drug-likeness (QED) is 0.766. The molecule has 0 amide bonds. The molecule has 1 rings (SSSR count). The molecule has 3 atom stereocenters. The van der Waals surface area contributed by atoms with E-state index in [4.69, 9.17) is 0 Å². The van der Waals surface area contributed by atoms with Crippen LogP contribution in [0.5, 0.6) is 0 Å². The van der Waals surface area contributed by atoms with Crippen molar-refractivity contribution < 1.29 is 0 Å². The van der Waals surface area contributed by atoms with Crippen LogP contribution < -0.4 is 5.32 Å². The summed E-state index contributed by atoms with van der Waals surface area (Å²) in [7, 11) is 4.34. The van der Waals surface area contributed by atoms with Crippen LogP contribution in [0.2, 0.25) is 0 Å². The Labute approximate surface area is 120 Å². The zero-order chi connectivity index (χ0) is 14.6. The smallest absolute Gasteiger partial charge is 0.0274 e. The van der Waals surface area contributed by atoms with Crippen molar-refractivity contribution in [2.24, 2.45) is 5.41 Å². The second-order valence-corrected chi connectivity index (χ2v) is 7.07. The summed E-state index contributed by atoms with van der Waals surface area (Å²) in [6.07, 6.45) is 2.66. The second-order valence-electron chi connectivity index (χ2n) is 7.07. The molecule has 1 fully saturated rings. The summed E-state index contributed by atoms with van der Waals surface area (Å²) in [4.78, 5) is 5.01. The van der Waals surface area contributed by atoms with Crippen LogP contribution in [0.4, 0.5) is 0 Å². The molecule has 3 heteroatoms. The summed E-state index contributed by atoms with van der Waals surface area (Å²) >= 11 is 0. The first-order valence-corrected chi connectivity index (χ1v) is 7.97. The van der Waals surface area contributed by atoms with Gasteiger partial charge in [0, 0.05) is 24.7 Å². The molecule has 3 unspecified atom stereocenters. The highest BCUT2D eigenvalue weighted by molar-refractivity contribution is 5.01. The molecule has 0 aromatic heterocycles. The molecule has 1 saturated carbocycles. The van der Waals surface area contributed by atoms with Gasteiger partial charge in [-0.3, -0.25) is 4.90 Å². The minimum Gasteiger partial charge on any atom is -0.312 e. The van der Waals surface area contributed by atoms with Gasteiger partial charge in [-0.15, -0.1) is 0 Å². The van der Waals surface area contributed by atoms with Crippen molar-refractivity contribution in [1.82, 2.24) is 15.1 Å². The third kappa shape index (κ3) is 4.17. The predicted molar refractivity (Wildman–Crippen MR) is 84.7 cm³/mol. The fourth-order valence-electron chi connectivity index (χ4n) is 3.86. The molecule has 1 aliphatic carbocycles. The van der Waals surface area contributed by atoms with Crippen LogP contribution >= 0.6 is 0 Å². The van der Waals surface area contributed by atoms with Crippen molar-refractivity contribution in [2.75, 3.05) is 33.7 Å². The molecule has 0 aromatic rings. The SMILES string of the molecule is CCNC1C(N(CC)C(C)CN(C)C)CCC1(C)C. The molecule has 3 nitrogen and oxygen atoms in total. The lowest BCUT2D eigenvalue weighted by Crippen LogP contribution is -2.55. The predicted octanol–water partition coefficient (Wildman–Crippen LogP) is 2.43. The van der Waals surface area contributed by atoms with Gasteiger partial charge in [0.1, 0.15) is 0 Å². The fraction of sp³-hybridized carbons (Fsp3) is 1.00. The highest BCUT2D eigenvalue weighted by Crippen LogP contribution is 2.40. The molecular weight excluding hydrogens is 234 g/mol. The van der Waals surface area contributed by atoms with Gasteiger partial charge in [-0.1, -0.05) is 27.7 Å². The molecule has 0 radical (unpaired) electrons. The van der Waals surface area contributed by atoms with E-state index in [9.17, 15) is 0 Å². The van der Waals surface area contributed by atoms with Gasteiger partial charge in [0.25, 0.3) is 0 Å². The first-order valence-electron chi connectivity index (χ1n) is 7.97. The highest BCUT2D eigenvalue weighted by Gasteiger charge is 2.44. The van der Waals surface area contributed by atoms with Crippen molar-refractivity contribution in [3.05, 3.63) is 0 Å². The Morgan fingerprint density at radius 1 is 1.26 bits per heavy atom. The van der Waals surface area contributed by atoms with E-state index in [0.29, 0.717) is 23.5 Å². The topological polar surface area (TPSA) is 18.5 Å². The summed E-state index contributed by atoms with van der Waals surface area (Å²) in [5.74, 6) is 0. The maximum Gasteiger partial charge on any atom is 0.0274 e. The highest BCUT2D eigenvalue weighted by atomic mass is 15.2. The average Bonchev–Trinajstić information content (AvgIpc) is 2.57. The number of nitrogens with zero attached hydrogens (tertiary/aromatic N) is 2. The summed E-state index contributed by atoms with van der Waals surface area (Å²) in [5, 5.41) is 3.75. The van der Waals surface area contributed by atoms with E-state index in [1.807, 2.05) is 0 Å². The van der Waals surface area contributed by atoms with Gasteiger partial charge in [0.2, 0.25) is 0 Å². The van der Waals surface area contributed by atoms with E-state index in [2.05, 4.69) is 63.8 Å². The van der Waals surface area contributed by atoms with Crippen molar-refractivity contribution in [1.29, 1.82) is 0 Å². The van der Waals surface area contributed by atoms with E-state index in [-0.39, 0.29) is 0 Å². The van der Waals surface area contributed by atoms with E-state index in [1.165, 1.54) is 12.8 Å². The van der Waals surface area contributed by atoms with Crippen LogP contribution in [0.3, 0.4) is 0 Å². The van der Waals surface area contributed by atoms with Gasteiger partial charge in [0.05, 0.1) is 0 Å². The fourth-order valence-corrected chi connectivity index (χ4v) is 3.86. The molecule has 0 spiro atoms. The lowest BCUT2D eigenvalue weighted by atomic mass is 9.86. The first-order chi connectivity index (χ1) is 8.83. The molecule has 0 aromatic carbocycles. The van der Waals surface area contributed by atoms with E-state index in [1.54, 1.807) is 0 Å². The van der Waals surface area contributed by atoms with E-state index >= 15 is 0 Å². The van der Waals surface area contributed by atoms with Gasteiger partial charge in [0.15, 0.2) is 0 Å². The minimum atomic E-state index is 0.423. The Balaban J connectivity index is 2.79. The van der Waals surface area contributed by atoms with Crippen molar-refractivity contribution in [3.8, 4) is 0 Å². The molecule has 0 saturated heterocycles. The van der Waals surface area contributed by atoms with Gasteiger partial charge in [-0.25, -0.2) is 0 Å². The zero-order valence-corrected chi connectivity index (χ0v) is 14.2. The zero-order valence-electron chi connectivity index (χ0n) is 14.2. The van der Waals surface area contributed by atoms with E-state index < -0.39 is 0 Å². The molecular formula is C16H35N3. The maximum atomic E-state index is 3.75. The Morgan fingerprint density at radius 3 is 2.37 bits per heavy atom. The third-order valence-electron chi connectivity index (χ3n) is 4.72. The lowest BCUT2D eigenvalue weighted by molar-refractivity contribution is 0.0973. The van der Waals surface area contributed by atoms with Crippen LogP contribution in [0.25, 0.3) is 0 Å². The Morgan fingerprint density at radius 2 is 1.89 bits per heavy atom. The Bertz CT molecular complexity index is 263. The summed E-state index contributed by atoms with van der Waals surface area (Å²) in [6, 6.07) is 1.94. The summed E-state index contributed by atoms with van der Waals surface area (Å²) in [6.45, 7) is 15.1. The third-order valence-corrected chi connectivity index (χ3v) is 4.72. The molecule has 0 bridgehead atoms. The van der Waals surface area contributed by atoms with Crippen LogP contribution in [0.1, 0.15) is 47.5 Å². The monoisotopic (exact) mass is 269 g/mol. The van der Waals surface area contributed by atoms with Gasteiger partial charge in [-0.05, 0) is 52.4 Å². The van der Waals surface area contributed by atoms with Gasteiger partial charge < -0.3 is 10.2 Å². The standard InChI is InChI=1S/C16H35N3/c1-8-17-15-14(10-11-16(15,4)5)19(9-2)13(3)12-18(6)7/h13-15,17H,8-12H2,1-7H3. The van der Waals surface area contributed by atoms with Crippen LogP contribution in [0.15, 0.2) is 0 Å². The maximum absolute atomic E-state index is 3.75. The van der Waals surface area contributed by atoms with Gasteiger partial charge in [-0.2, -0.15) is 0 Å². The number of hydrogen-bond acceptors (Lipinski definition) is 3. The number of rotatable bonds is 7. The first kappa shape index (κ1) is 16.9. The van der Waals surface area contributed by atoms with Crippen molar-refractivity contribution in [2.45, 2.75) is 65.6 Å². The van der Waals surface area contributed by atoms with Crippen LogP contribution in [0, 0.1) is 5.41 Å². The minimum absolute atomic E-state index is 0.423. The second kappa shape index (κ2) is 7.05. The number of likely N-dealkylation sites (N-methyl/N-ethyl adjacent to an activating group) is 3. The van der Waals surface area contributed by atoms with Crippen LogP contribution in [-0.2, 0) is 0 Å². The molecule has 1 N–H and O–H groups in total. The molecule has 0 heterocycles. The average molecular weight is 269 g/mol. The normalized spacial score (nSPS) is 28.3. The molecule has 1 aliphatic rings. The Hall–Kier alpha value is -0.120. The van der Waals surface area contributed by atoms with Crippen molar-refractivity contribution in [3.63, 3.8) is 0 Å². The van der Waals surface area contributed by atoms with Crippen molar-refractivity contribution >= 4 is 0 Å². The van der Waals surface area contributed by atoms with Crippen LogP contribution in [-0.4, -0.2) is 61.7 Å².